The van der Waals surface area contributed by atoms with Gasteiger partial charge in [-0.25, -0.2) is 8.42 Å². The molecule has 0 atom stereocenters. The Balaban J connectivity index is 1.87. The minimum atomic E-state index is -3.45. The van der Waals surface area contributed by atoms with Crippen LogP contribution in [0, 0.1) is 6.92 Å². The molecule has 0 aliphatic rings. The first-order valence-electron chi connectivity index (χ1n) is 8.18. The second-order valence-corrected chi connectivity index (χ2v) is 7.70. The van der Waals surface area contributed by atoms with Gasteiger partial charge in [0.25, 0.3) is 11.8 Å². The Morgan fingerprint density at radius 3 is 2.48 bits per heavy atom. The van der Waals surface area contributed by atoms with Gasteiger partial charge in [-0.05, 0) is 49.7 Å². The monoisotopic (exact) mass is 391 g/mol. The first-order chi connectivity index (χ1) is 12.8. The van der Waals surface area contributed by atoms with Crippen molar-refractivity contribution in [2.24, 2.45) is 0 Å². The Bertz CT molecular complexity index is 928. The number of nitrogens with one attached hydrogen (secondary N) is 3. The van der Waals surface area contributed by atoms with Gasteiger partial charge in [-0.3, -0.25) is 25.2 Å². The molecule has 0 spiro atoms. The molecule has 0 fully saturated rings. The van der Waals surface area contributed by atoms with Crippen LogP contribution in [0.5, 0.6) is 5.75 Å². The number of sulfonamides is 1. The minimum Gasteiger partial charge on any atom is -0.484 e. The van der Waals surface area contributed by atoms with Gasteiger partial charge in [-0.2, -0.15) is 0 Å². The van der Waals surface area contributed by atoms with Crippen LogP contribution in [0.2, 0.25) is 0 Å². The van der Waals surface area contributed by atoms with Crippen molar-refractivity contribution in [1.82, 2.24) is 10.9 Å². The van der Waals surface area contributed by atoms with E-state index in [2.05, 4.69) is 15.6 Å². The maximum atomic E-state index is 12.1. The summed E-state index contributed by atoms with van der Waals surface area (Å²) in [6.07, 6.45) is 0. The zero-order valence-electron chi connectivity index (χ0n) is 15.0. The van der Waals surface area contributed by atoms with Gasteiger partial charge in [0.2, 0.25) is 10.0 Å². The number of ether oxygens (including phenoxy) is 1. The van der Waals surface area contributed by atoms with Crippen LogP contribution in [0.15, 0.2) is 48.5 Å². The highest BCUT2D eigenvalue weighted by Crippen LogP contribution is 2.13. The molecule has 2 aromatic carbocycles. The molecule has 144 valence electrons. The summed E-state index contributed by atoms with van der Waals surface area (Å²) in [7, 11) is -3.45. The third-order valence-corrected chi connectivity index (χ3v) is 4.76. The van der Waals surface area contributed by atoms with Crippen molar-refractivity contribution in [3.63, 3.8) is 0 Å². The molecule has 0 saturated heterocycles. The molecule has 0 aromatic heterocycles. The van der Waals surface area contributed by atoms with E-state index in [1.165, 1.54) is 31.2 Å². The molecule has 0 unspecified atom stereocenters. The predicted molar refractivity (Wildman–Crippen MR) is 102 cm³/mol. The Hall–Kier alpha value is -3.07. The molecule has 0 radical (unpaired) electrons. The highest BCUT2D eigenvalue weighted by Gasteiger charge is 2.11. The number of aryl methyl sites for hydroxylation is 1. The minimum absolute atomic E-state index is 0.0829. The zero-order chi connectivity index (χ0) is 19.9. The lowest BCUT2D eigenvalue weighted by Crippen LogP contribution is -2.43. The fraction of sp³-hybridized carbons (Fsp3) is 0.222. The standard InChI is InChI=1S/C18H21N3O5S/c1-3-27(24,25)21-15-8-5-7-14(11-15)18(23)20-19-17(22)12-26-16-9-4-6-13(2)10-16/h4-11,21H,3,12H2,1-2H3,(H,19,22)(H,20,23). The van der Waals surface area contributed by atoms with Gasteiger partial charge in [0.05, 0.1) is 5.75 Å². The highest BCUT2D eigenvalue weighted by molar-refractivity contribution is 7.92. The van der Waals surface area contributed by atoms with E-state index >= 15 is 0 Å². The molecular formula is C18H21N3O5S. The van der Waals surface area contributed by atoms with E-state index in [1.807, 2.05) is 19.1 Å². The molecule has 27 heavy (non-hydrogen) atoms. The van der Waals surface area contributed by atoms with Crippen molar-refractivity contribution in [3.05, 3.63) is 59.7 Å². The van der Waals surface area contributed by atoms with Gasteiger partial charge in [-0.1, -0.05) is 18.2 Å². The van der Waals surface area contributed by atoms with Crippen molar-refractivity contribution in [2.75, 3.05) is 17.1 Å². The number of hydrazine groups is 1. The molecule has 2 rings (SSSR count). The van der Waals surface area contributed by atoms with Crippen molar-refractivity contribution in [3.8, 4) is 5.75 Å². The van der Waals surface area contributed by atoms with Crippen LogP contribution < -0.4 is 20.3 Å². The number of rotatable bonds is 7. The Kier molecular flexibility index (Phi) is 6.78. The van der Waals surface area contributed by atoms with Gasteiger partial charge in [0.15, 0.2) is 6.61 Å². The summed E-state index contributed by atoms with van der Waals surface area (Å²) in [5.41, 5.74) is 5.95. The summed E-state index contributed by atoms with van der Waals surface area (Å²) in [4.78, 5) is 23.9. The molecule has 2 amide bonds. The Labute approximate surface area is 157 Å². The number of amides is 2. The van der Waals surface area contributed by atoms with Crippen LogP contribution >= 0.6 is 0 Å². The van der Waals surface area contributed by atoms with Crippen LogP contribution in [-0.2, 0) is 14.8 Å². The summed E-state index contributed by atoms with van der Waals surface area (Å²) in [5, 5.41) is 0. The normalized spacial score (nSPS) is 10.7. The van der Waals surface area contributed by atoms with Crippen LogP contribution in [0.1, 0.15) is 22.8 Å². The van der Waals surface area contributed by atoms with E-state index in [9.17, 15) is 18.0 Å². The molecule has 8 nitrogen and oxygen atoms in total. The van der Waals surface area contributed by atoms with Crippen LogP contribution in [0.25, 0.3) is 0 Å². The quantitative estimate of drug-likeness (QED) is 0.621. The molecule has 0 aliphatic heterocycles. The summed E-state index contributed by atoms with van der Waals surface area (Å²) < 4.78 is 30.9. The van der Waals surface area contributed by atoms with Gasteiger partial charge < -0.3 is 4.74 Å². The van der Waals surface area contributed by atoms with E-state index in [1.54, 1.807) is 12.1 Å². The van der Waals surface area contributed by atoms with Gasteiger partial charge in [-0.15, -0.1) is 0 Å². The number of anilines is 1. The predicted octanol–water partition coefficient (Wildman–Crippen LogP) is 1.60. The summed E-state index contributed by atoms with van der Waals surface area (Å²) in [6, 6.07) is 13.2. The number of hydrogen-bond acceptors (Lipinski definition) is 5. The van der Waals surface area contributed by atoms with E-state index in [-0.39, 0.29) is 23.6 Å². The fourth-order valence-electron chi connectivity index (χ4n) is 2.06. The van der Waals surface area contributed by atoms with Crippen LogP contribution in [-0.4, -0.2) is 32.6 Å². The molecule has 0 aliphatic carbocycles. The van der Waals surface area contributed by atoms with Crippen molar-refractivity contribution in [1.29, 1.82) is 0 Å². The summed E-state index contributed by atoms with van der Waals surface area (Å²) in [5.74, 6) is -0.656. The second kappa shape index (κ2) is 9.04. The van der Waals surface area contributed by atoms with Crippen molar-refractivity contribution < 1.29 is 22.7 Å². The third kappa shape index (κ3) is 6.63. The molecular weight excluding hydrogens is 370 g/mol. The van der Waals surface area contributed by atoms with Crippen molar-refractivity contribution >= 4 is 27.5 Å². The number of hydrogen-bond donors (Lipinski definition) is 3. The molecule has 0 saturated carbocycles. The number of benzene rings is 2. The molecule has 2 aromatic rings. The first kappa shape index (κ1) is 20.2. The van der Waals surface area contributed by atoms with E-state index in [0.29, 0.717) is 5.75 Å². The van der Waals surface area contributed by atoms with Crippen LogP contribution in [0.4, 0.5) is 5.69 Å². The Morgan fingerprint density at radius 2 is 1.78 bits per heavy atom. The van der Waals surface area contributed by atoms with Crippen LogP contribution in [0.3, 0.4) is 0 Å². The van der Waals surface area contributed by atoms with E-state index in [0.717, 1.165) is 5.56 Å². The molecule has 0 bridgehead atoms. The SMILES string of the molecule is CCS(=O)(=O)Nc1cccc(C(=O)NNC(=O)COc2cccc(C)c2)c1. The maximum absolute atomic E-state index is 12.1. The second-order valence-electron chi connectivity index (χ2n) is 5.69. The smallest absolute Gasteiger partial charge is 0.276 e. The average Bonchev–Trinajstić information content (AvgIpc) is 2.64. The highest BCUT2D eigenvalue weighted by atomic mass is 32.2. The third-order valence-electron chi connectivity index (χ3n) is 3.45. The van der Waals surface area contributed by atoms with E-state index < -0.39 is 21.8 Å². The lowest BCUT2D eigenvalue weighted by Gasteiger charge is -2.10. The number of carbonyl (C=O) groups is 2. The first-order valence-corrected chi connectivity index (χ1v) is 9.83. The number of carbonyl (C=O) groups excluding carboxylic acids is 2. The van der Waals surface area contributed by atoms with Gasteiger partial charge in [0.1, 0.15) is 5.75 Å². The van der Waals surface area contributed by atoms with Gasteiger partial charge in [0, 0.05) is 11.3 Å². The summed E-state index contributed by atoms with van der Waals surface area (Å²) >= 11 is 0. The summed E-state index contributed by atoms with van der Waals surface area (Å²) in [6.45, 7) is 3.15. The fourth-order valence-corrected chi connectivity index (χ4v) is 2.69. The topological polar surface area (TPSA) is 114 Å². The lowest BCUT2D eigenvalue weighted by atomic mass is 10.2. The Morgan fingerprint density at radius 1 is 1.04 bits per heavy atom. The molecule has 9 heteroatoms. The largest absolute Gasteiger partial charge is 0.484 e. The van der Waals surface area contributed by atoms with Gasteiger partial charge >= 0.3 is 0 Å². The molecule has 3 N–H and O–H groups in total. The maximum Gasteiger partial charge on any atom is 0.276 e. The molecule has 0 heterocycles. The average molecular weight is 391 g/mol. The van der Waals surface area contributed by atoms with E-state index in [4.69, 9.17) is 4.74 Å². The lowest BCUT2D eigenvalue weighted by molar-refractivity contribution is -0.123. The zero-order valence-corrected chi connectivity index (χ0v) is 15.8. The van der Waals surface area contributed by atoms with Crippen molar-refractivity contribution in [2.45, 2.75) is 13.8 Å².